The molecule has 1 atom stereocenters. The van der Waals surface area contributed by atoms with Crippen LogP contribution in [0.1, 0.15) is 11.1 Å². The van der Waals surface area contributed by atoms with Gasteiger partial charge in [0.05, 0.1) is 35.1 Å². The first-order valence-corrected chi connectivity index (χ1v) is 10.5. The van der Waals surface area contributed by atoms with E-state index in [2.05, 4.69) is 0 Å². The van der Waals surface area contributed by atoms with Crippen LogP contribution in [0.4, 0.5) is 0 Å². The predicted octanol–water partition coefficient (Wildman–Crippen LogP) is 4.28. The molecule has 2 aromatic rings. The summed E-state index contributed by atoms with van der Waals surface area (Å²) in [4.78, 5) is 0. The van der Waals surface area contributed by atoms with Crippen LogP contribution in [0.15, 0.2) is 60.7 Å². The quantitative estimate of drug-likeness (QED) is 0.666. The third kappa shape index (κ3) is 4.87. The zero-order valence-electron chi connectivity index (χ0n) is 14.0. The zero-order valence-corrected chi connectivity index (χ0v) is 16.3. The van der Waals surface area contributed by atoms with Gasteiger partial charge in [-0.2, -0.15) is 4.31 Å². The fourth-order valence-electron chi connectivity index (χ4n) is 2.78. The summed E-state index contributed by atoms with van der Waals surface area (Å²) in [5, 5.41) is 0.852. The number of hydrogen-bond donors (Lipinski definition) is 0. The van der Waals surface area contributed by atoms with Gasteiger partial charge in [-0.1, -0.05) is 71.8 Å². The molecule has 0 amide bonds. The van der Waals surface area contributed by atoms with Gasteiger partial charge < -0.3 is 4.74 Å². The average molecular weight is 412 g/mol. The van der Waals surface area contributed by atoms with Gasteiger partial charge in [-0.3, -0.25) is 0 Å². The van der Waals surface area contributed by atoms with Crippen molar-refractivity contribution in [2.45, 2.75) is 19.2 Å². The fraction of sp³-hybridized carbons (Fsp3) is 0.263. The lowest BCUT2D eigenvalue weighted by atomic mass is 10.2. The normalized spacial score (nSPS) is 19.5. The van der Waals surface area contributed by atoms with E-state index in [1.165, 1.54) is 4.31 Å². The summed E-state index contributed by atoms with van der Waals surface area (Å²) in [5.74, 6) is -0.0104. The van der Waals surface area contributed by atoms with E-state index in [4.69, 9.17) is 27.9 Å². The van der Waals surface area contributed by atoms with Gasteiger partial charge in [0.2, 0.25) is 10.0 Å². The lowest BCUT2D eigenvalue weighted by Gasteiger charge is -2.31. The molecule has 0 aromatic heterocycles. The Bertz CT molecular complexity index is 885. The van der Waals surface area contributed by atoms with Crippen molar-refractivity contribution in [3.63, 3.8) is 0 Å². The summed E-state index contributed by atoms with van der Waals surface area (Å²) < 4.78 is 32.3. The van der Waals surface area contributed by atoms with Gasteiger partial charge in [0.25, 0.3) is 0 Å². The second-order valence-corrected chi connectivity index (χ2v) is 8.85. The van der Waals surface area contributed by atoms with Crippen molar-refractivity contribution >= 4 is 33.2 Å². The van der Waals surface area contributed by atoms with Gasteiger partial charge in [-0.15, -0.1) is 0 Å². The summed E-state index contributed by atoms with van der Waals surface area (Å²) >= 11 is 12.0. The highest BCUT2D eigenvalue weighted by Gasteiger charge is 2.31. The molecule has 1 heterocycles. The Labute approximate surface area is 164 Å². The van der Waals surface area contributed by atoms with E-state index in [9.17, 15) is 8.42 Å². The Kier molecular flexibility index (Phi) is 6.37. The van der Waals surface area contributed by atoms with E-state index < -0.39 is 10.0 Å². The first-order chi connectivity index (χ1) is 12.5. The van der Waals surface area contributed by atoms with Crippen LogP contribution in [-0.2, 0) is 27.9 Å². The molecule has 1 aliphatic heterocycles. The highest BCUT2D eigenvalue weighted by molar-refractivity contribution is 7.89. The molecule has 0 saturated heterocycles. The Balaban J connectivity index is 1.71. The molecule has 4 nitrogen and oxygen atoms in total. The van der Waals surface area contributed by atoms with Crippen LogP contribution < -0.4 is 0 Å². The summed E-state index contributed by atoms with van der Waals surface area (Å²) in [6.45, 7) is 0.945. The van der Waals surface area contributed by atoms with Crippen molar-refractivity contribution in [1.82, 2.24) is 4.31 Å². The van der Waals surface area contributed by atoms with Gasteiger partial charge in [-0.05, 0) is 23.3 Å². The molecule has 0 unspecified atom stereocenters. The van der Waals surface area contributed by atoms with Crippen molar-refractivity contribution in [2.24, 2.45) is 0 Å². The Hall–Kier alpha value is -1.37. The van der Waals surface area contributed by atoms with Crippen molar-refractivity contribution < 1.29 is 13.2 Å². The molecular formula is C19H19Cl2NO3S. The maximum absolute atomic E-state index is 12.5. The zero-order chi connectivity index (χ0) is 18.6. The standard InChI is InChI=1S/C19H19Cl2NO3S/c20-18-9-8-16(11-19(18)21)12-22-17(7-4-10-26(22,23)24)14-25-13-15-5-2-1-3-6-15/h1-9,11,17H,10,12-14H2/t17-/m1/s1. The molecule has 0 bridgehead atoms. The van der Waals surface area contributed by atoms with E-state index in [-0.39, 0.29) is 24.9 Å². The number of benzene rings is 2. The molecule has 7 heteroatoms. The molecule has 3 rings (SSSR count). The maximum atomic E-state index is 12.5. The van der Waals surface area contributed by atoms with Gasteiger partial charge in [0.15, 0.2) is 0 Å². The number of halogens is 2. The SMILES string of the molecule is O=S1(=O)CC=C[C@H](COCc2ccccc2)N1Cc1ccc(Cl)c(Cl)c1. The van der Waals surface area contributed by atoms with E-state index in [0.29, 0.717) is 16.7 Å². The van der Waals surface area contributed by atoms with Crippen molar-refractivity contribution in [3.8, 4) is 0 Å². The Morgan fingerprint density at radius 3 is 2.54 bits per heavy atom. The van der Waals surface area contributed by atoms with E-state index in [0.717, 1.165) is 11.1 Å². The first-order valence-electron chi connectivity index (χ1n) is 8.17. The van der Waals surface area contributed by atoms with Crippen LogP contribution in [0.2, 0.25) is 10.0 Å². The van der Waals surface area contributed by atoms with Crippen LogP contribution >= 0.6 is 23.2 Å². The van der Waals surface area contributed by atoms with Gasteiger partial charge >= 0.3 is 0 Å². The lowest BCUT2D eigenvalue weighted by molar-refractivity contribution is 0.0889. The highest BCUT2D eigenvalue weighted by atomic mass is 35.5. The molecule has 26 heavy (non-hydrogen) atoms. The summed E-state index contributed by atoms with van der Waals surface area (Å²) in [6.07, 6.45) is 3.56. The lowest BCUT2D eigenvalue weighted by Crippen LogP contribution is -2.44. The number of rotatable bonds is 6. The minimum Gasteiger partial charge on any atom is -0.375 e. The summed E-state index contributed by atoms with van der Waals surface area (Å²) in [5.41, 5.74) is 1.83. The molecule has 0 saturated carbocycles. The molecule has 138 valence electrons. The van der Waals surface area contributed by atoms with Gasteiger partial charge in [-0.25, -0.2) is 8.42 Å². The van der Waals surface area contributed by atoms with E-state index in [1.54, 1.807) is 24.3 Å². The molecule has 0 fully saturated rings. The minimum absolute atomic E-state index is 0.0104. The number of sulfonamides is 1. The monoisotopic (exact) mass is 411 g/mol. The summed E-state index contributed by atoms with van der Waals surface area (Å²) in [6, 6.07) is 14.6. The number of ether oxygens (including phenoxy) is 1. The van der Waals surface area contributed by atoms with E-state index >= 15 is 0 Å². The molecule has 1 aliphatic rings. The first kappa shape index (κ1) is 19.4. The Morgan fingerprint density at radius 1 is 1.04 bits per heavy atom. The largest absolute Gasteiger partial charge is 0.375 e. The average Bonchev–Trinajstić information content (AvgIpc) is 2.61. The smallest absolute Gasteiger partial charge is 0.218 e. The second kappa shape index (κ2) is 8.55. The van der Waals surface area contributed by atoms with Crippen molar-refractivity contribution in [1.29, 1.82) is 0 Å². The molecular weight excluding hydrogens is 393 g/mol. The molecule has 2 aromatic carbocycles. The maximum Gasteiger partial charge on any atom is 0.218 e. The molecule has 0 radical (unpaired) electrons. The number of hydrogen-bond acceptors (Lipinski definition) is 3. The topological polar surface area (TPSA) is 46.6 Å². The van der Waals surface area contributed by atoms with E-state index in [1.807, 2.05) is 36.4 Å². The highest BCUT2D eigenvalue weighted by Crippen LogP contribution is 2.25. The van der Waals surface area contributed by atoms with Gasteiger partial charge in [0, 0.05) is 6.54 Å². The van der Waals surface area contributed by atoms with Crippen LogP contribution in [0, 0.1) is 0 Å². The van der Waals surface area contributed by atoms with Crippen molar-refractivity contribution in [2.75, 3.05) is 12.4 Å². The number of nitrogens with zero attached hydrogens (tertiary/aromatic N) is 1. The third-order valence-electron chi connectivity index (χ3n) is 4.11. The van der Waals surface area contributed by atoms with Gasteiger partial charge in [0.1, 0.15) is 0 Å². The minimum atomic E-state index is -3.40. The van der Waals surface area contributed by atoms with Crippen molar-refractivity contribution in [3.05, 3.63) is 81.9 Å². The fourth-order valence-corrected chi connectivity index (χ4v) is 4.53. The third-order valence-corrected chi connectivity index (χ3v) is 6.58. The Morgan fingerprint density at radius 2 is 1.81 bits per heavy atom. The second-order valence-electron chi connectivity index (χ2n) is 6.07. The predicted molar refractivity (Wildman–Crippen MR) is 105 cm³/mol. The van der Waals surface area contributed by atoms with Crippen LogP contribution in [-0.4, -0.2) is 31.1 Å². The molecule has 0 N–H and O–H groups in total. The van der Waals surface area contributed by atoms with Crippen LogP contribution in [0.3, 0.4) is 0 Å². The molecule has 0 spiro atoms. The molecule has 0 aliphatic carbocycles. The van der Waals surface area contributed by atoms with Crippen LogP contribution in [0.25, 0.3) is 0 Å². The summed E-state index contributed by atoms with van der Waals surface area (Å²) in [7, 11) is -3.40. The van der Waals surface area contributed by atoms with Crippen LogP contribution in [0.5, 0.6) is 0 Å².